The van der Waals surface area contributed by atoms with E-state index in [1.165, 1.54) is 0 Å². The van der Waals surface area contributed by atoms with Crippen molar-refractivity contribution >= 4 is 22.8 Å². The molecule has 1 amide bonds. The van der Waals surface area contributed by atoms with E-state index in [0.29, 0.717) is 24.3 Å². The fraction of sp³-hybridized carbons (Fsp3) is 0.238. The highest BCUT2D eigenvalue weighted by atomic mass is 16.5. The van der Waals surface area contributed by atoms with Crippen LogP contribution in [0.15, 0.2) is 54.7 Å². The number of carbonyl (C=O) groups excluding carboxylic acids is 2. The molecule has 6 nitrogen and oxygen atoms in total. The first-order valence-corrected chi connectivity index (χ1v) is 8.88. The van der Waals surface area contributed by atoms with Crippen LogP contribution in [0.4, 0.5) is 0 Å². The minimum Gasteiger partial charge on any atom is -0.497 e. The number of amides is 1. The molecule has 2 aliphatic heterocycles. The maximum absolute atomic E-state index is 13.1. The summed E-state index contributed by atoms with van der Waals surface area (Å²) in [6.07, 6.45) is 2.31. The number of carbonyl (C=O) groups is 2. The Morgan fingerprint density at radius 3 is 2.70 bits per heavy atom. The lowest BCUT2D eigenvalue weighted by atomic mass is 9.91. The lowest BCUT2D eigenvalue weighted by Gasteiger charge is -2.52. The van der Waals surface area contributed by atoms with E-state index in [4.69, 9.17) is 9.47 Å². The molecule has 1 fully saturated rings. The number of fused-ring (bicyclic) bond motifs is 7. The zero-order valence-corrected chi connectivity index (χ0v) is 14.8. The minimum absolute atomic E-state index is 0.138. The van der Waals surface area contributed by atoms with Crippen LogP contribution in [0.1, 0.15) is 22.3 Å². The summed E-state index contributed by atoms with van der Waals surface area (Å²) in [7, 11) is 1.59. The largest absolute Gasteiger partial charge is 0.497 e. The van der Waals surface area contributed by atoms with Crippen molar-refractivity contribution in [3.05, 3.63) is 65.9 Å². The fourth-order valence-electron chi connectivity index (χ4n) is 4.06. The van der Waals surface area contributed by atoms with Crippen LogP contribution in [0, 0.1) is 0 Å². The van der Waals surface area contributed by atoms with Gasteiger partial charge in [-0.15, -0.1) is 0 Å². The van der Waals surface area contributed by atoms with Gasteiger partial charge in [0.1, 0.15) is 12.4 Å². The number of ether oxygens (including phenoxy) is 2. The Bertz CT molecular complexity index is 1070. The van der Waals surface area contributed by atoms with Gasteiger partial charge in [-0.1, -0.05) is 30.3 Å². The third-order valence-electron chi connectivity index (χ3n) is 5.56. The van der Waals surface area contributed by atoms with E-state index >= 15 is 0 Å². The Hall–Kier alpha value is -3.28. The van der Waals surface area contributed by atoms with Gasteiger partial charge in [-0.2, -0.15) is 0 Å². The highest BCUT2D eigenvalue weighted by Gasteiger charge is 2.59. The molecular formula is C21H18N2O4. The summed E-state index contributed by atoms with van der Waals surface area (Å²) >= 11 is 0. The molecule has 1 saturated heterocycles. The van der Waals surface area contributed by atoms with Gasteiger partial charge in [0, 0.05) is 24.5 Å². The summed E-state index contributed by atoms with van der Waals surface area (Å²) in [5.41, 5.74) is 1.25. The summed E-state index contributed by atoms with van der Waals surface area (Å²) in [6.45, 7) is 0.724. The number of hydrogen-bond acceptors (Lipinski definition) is 4. The van der Waals surface area contributed by atoms with Crippen LogP contribution in [-0.2, 0) is 21.8 Å². The lowest BCUT2D eigenvalue weighted by molar-refractivity contribution is -0.177. The van der Waals surface area contributed by atoms with Gasteiger partial charge in [-0.05, 0) is 23.8 Å². The first-order chi connectivity index (χ1) is 13.1. The molecule has 3 aromatic rings. The minimum atomic E-state index is -1.09. The Morgan fingerprint density at radius 1 is 1.19 bits per heavy atom. The van der Waals surface area contributed by atoms with E-state index in [0.717, 1.165) is 16.5 Å². The molecule has 2 aliphatic rings. The van der Waals surface area contributed by atoms with Crippen molar-refractivity contribution in [3.63, 3.8) is 0 Å². The van der Waals surface area contributed by atoms with Gasteiger partial charge in [-0.3, -0.25) is 4.79 Å². The van der Waals surface area contributed by atoms with Crippen molar-refractivity contribution in [2.75, 3.05) is 13.7 Å². The van der Waals surface area contributed by atoms with Gasteiger partial charge in [-0.25, -0.2) is 4.79 Å². The molecule has 0 radical (unpaired) electrons. The molecule has 0 saturated carbocycles. The number of methoxy groups -OCH3 is 1. The summed E-state index contributed by atoms with van der Waals surface area (Å²) in [4.78, 5) is 27.7. The zero-order chi connectivity index (χ0) is 18.6. The molecule has 0 spiro atoms. The molecule has 3 heterocycles. The first kappa shape index (κ1) is 15.9. The molecule has 27 heavy (non-hydrogen) atoms. The molecule has 6 heteroatoms. The fourth-order valence-corrected chi connectivity index (χ4v) is 4.06. The second-order valence-corrected chi connectivity index (χ2v) is 6.88. The molecule has 1 aromatic heterocycles. The normalized spacial score (nSPS) is 20.2. The molecule has 2 bridgehead atoms. The van der Waals surface area contributed by atoms with Gasteiger partial charge in [0.2, 0.25) is 5.66 Å². The number of esters is 1. The van der Waals surface area contributed by atoms with E-state index in [-0.39, 0.29) is 12.5 Å². The van der Waals surface area contributed by atoms with Crippen LogP contribution in [0.3, 0.4) is 0 Å². The quantitative estimate of drug-likeness (QED) is 0.670. The summed E-state index contributed by atoms with van der Waals surface area (Å²) in [5.74, 6) is 0.144. The number of hydrogen-bond donors (Lipinski definition) is 0. The zero-order valence-electron chi connectivity index (χ0n) is 14.8. The average Bonchev–Trinajstić information content (AvgIpc) is 3.03. The van der Waals surface area contributed by atoms with Gasteiger partial charge in [0.25, 0.3) is 5.91 Å². The van der Waals surface area contributed by atoms with Crippen molar-refractivity contribution in [3.8, 4) is 5.75 Å². The van der Waals surface area contributed by atoms with Crippen LogP contribution in [0.2, 0.25) is 0 Å². The number of rotatable bonds is 4. The van der Waals surface area contributed by atoms with Gasteiger partial charge in [0.15, 0.2) is 0 Å². The highest BCUT2D eigenvalue weighted by Crippen LogP contribution is 2.46. The number of benzene rings is 2. The molecule has 0 aliphatic carbocycles. The summed E-state index contributed by atoms with van der Waals surface area (Å²) in [6, 6.07) is 15.1. The van der Waals surface area contributed by atoms with Crippen molar-refractivity contribution in [2.24, 2.45) is 0 Å². The van der Waals surface area contributed by atoms with Crippen LogP contribution in [0.25, 0.3) is 10.9 Å². The van der Waals surface area contributed by atoms with Gasteiger partial charge < -0.3 is 18.9 Å². The Morgan fingerprint density at radius 2 is 2.00 bits per heavy atom. The standard InChI is InChI=1S/C21H18N2O4/c1-26-15-7-8-18-16(11-15)17-12-23(18)21(9-10-22(21)19(17)24)20(25)27-13-14-5-3-2-4-6-14/h2-8,11-12H,9-10,13H2,1H3. The Labute approximate surface area is 155 Å². The summed E-state index contributed by atoms with van der Waals surface area (Å²) < 4.78 is 12.8. The maximum Gasteiger partial charge on any atom is 0.354 e. The van der Waals surface area contributed by atoms with Gasteiger partial charge >= 0.3 is 5.97 Å². The average molecular weight is 362 g/mol. The number of aromatic nitrogens is 1. The first-order valence-electron chi connectivity index (χ1n) is 8.88. The van der Waals surface area contributed by atoms with Crippen molar-refractivity contribution < 1.29 is 19.1 Å². The topological polar surface area (TPSA) is 60.8 Å². The maximum atomic E-state index is 13.1. The van der Waals surface area contributed by atoms with Gasteiger partial charge in [0.05, 0.1) is 18.2 Å². The lowest BCUT2D eigenvalue weighted by Crippen LogP contribution is -2.68. The Kier molecular flexibility index (Phi) is 3.31. The Balaban J connectivity index is 1.56. The number of nitrogens with zero attached hydrogens (tertiary/aromatic N) is 2. The van der Waals surface area contributed by atoms with Crippen LogP contribution in [0.5, 0.6) is 5.75 Å². The SMILES string of the molecule is COc1ccc2c(c1)c1cn2C2(C(=O)OCc3ccccc3)CCN2C1=O. The second kappa shape index (κ2) is 5.61. The predicted octanol–water partition coefficient (Wildman–Crippen LogP) is 2.91. The van der Waals surface area contributed by atoms with Crippen LogP contribution in [-0.4, -0.2) is 35.0 Å². The van der Waals surface area contributed by atoms with E-state index in [2.05, 4.69) is 0 Å². The van der Waals surface area contributed by atoms with E-state index in [1.54, 1.807) is 18.2 Å². The third-order valence-corrected chi connectivity index (χ3v) is 5.56. The highest BCUT2D eigenvalue weighted by molar-refractivity contribution is 6.11. The molecule has 1 unspecified atom stereocenters. The molecule has 5 rings (SSSR count). The molecule has 2 aromatic carbocycles. The monoisotopic (exact) mass is 362 g/mol. The van der Waals surface area contributed by atoms with Crippen molar-refractivity contribution in [2.45, 2.75) is 18.7 Å². The van der Waals surface area contributed by atoms with Crippen LogP contribution < -0.4 is 4.74 Å². The van der Waals surface area contributed by atoms with E-state index in [9.17, 15) is 9.59 Å². The van der Waals surface area contributed by atoms with Crippen molar-refractivity contribution in [1.82, 2.24) is 9.47 Å². The third kappa shape index (κ3) is 2.07. The second-order valence-electron chi connectivity index (χ2n) is 6.88. The predicted molar refractivity (Wildman–Crippen MR) is 98.4 cm³/mol. The molecule has 0 N–H and O–H groups in total. The van der Waals surface area contributed by atoms with Crippen molar-refractivity contribution in [1.29, 1.82) is 0 Å². The smallest absolute Gasteiger partial charge is 0.354 e. The van der Waals surface area contributed by atoms with Crippen LogP contribution >= 0.6 is 0 Å². The van der Waals surface area contributed by atoms with E-state index < -0.39 is 11.6 Å². The van der Waals surface area contributed by atoms with E-state index in [1.807, 2.05) is 53.1 Å². The summed E-state index contributed by atoms with van der Waals surface area (Å²) in [5, 5.41) is 0.795. The molecular weight excluding hydrogens is 344 g/mol. The molecule has 136 valence electrons. The molecule has 1 atom stereocenters.